The molecule has 1 aliphatic carbocycles. The van der Waals surface area contributed by atoms with Gasteiger partial charge in [-0.15, -0.1) is 0 Å². The molecule has 3 aromatic rings. The summed E-state index contributed by atoms with van der Waals surface area (Å²) in [4.78, 5) is 9.16. The average molecular weight is 368 g/mol. The average Bonchev–Trinajstić information content (AvgIpc) is 3.39. The highest BCUT2D eigenvalue weighted by Gasteiger charge is 2.34. The molecule has 6 nitrogen and oxygen atoms in total. The van der Waals surface area contributed by atoms with E-state index >= 15 is 0 Å². The number of aromatic nitrogens is 3. The highest BCUT2D eigenvalue weighted by atomic mass is 32.2. The Morgan fingerprint density at radius 2 is 2.04 bits per heavy atom. The minimum atomic E-state index is -3.62. The Balaban J connectivity index is 1.53. The normalized spacial score (nSPS) is 18.2. The number of imidazole rings is 1. The minimum Gasteiger partial charge on any atom is -0.331 e. The van der Waals surface area contributed by atoms with Crippen molar-refractivity contribution in [3.63, 3.8) is 0 Å². The maximum atomic E-state index is 13.3. The van der Waals surface area contributed by atoms with E-state index in [9.17, 15) is 8.42 Å². The van der Waals surface area contributed by atoms with Crippen LogP contribution in [0.15, 0.2) is 41.7 Å². The molecule has 0 atom stereocenters. The van der Waals surface area contributed by atoms with Gasteiger partial charge in [-0.3, -0.25) is 4.98 Å². The lowest BCUT2D eigenvalue weighted by Gasteiger charge is -2.26. The number of hydrogen-bond acceptors (Lipinski definition) is 4. The van der Waals surface area contributed by atoms with Crippen molar-refractivity contribution in [3.05, 3.63) is 53.7 Å². The quantitative estimate of drug-likeness (QED) is 0.713. The molecule has 0 N–H and O–H groups in total. The number of para-hydroxylation sites is 1. The Kier molecular flexibility index (Phi) is 3.45. The lowest BCUT2D eigenvalue weighted by molar-refractivity contribution is 0.381. The Morgan fingerprint density at radius 1 is 1.19 bits per heavy atom. The maximum absolute atomic E-state index is 13.3. The highest BCUT2D eigenvalue weighted by molar-refractivity contribution is 7.89. The van der Waals surface area contributed by atoms with Gasteiger partial charge in [-0.05, 0) is 37.5 Å². The molecule has 1 fully saturated rings. The van der Waals surface area contributed by atoms with Gasteiger partial charge in [0.15, 0.2) is 0 Å². The van der Waals surface area contributed by atoms with Gasteiger partial charge in [0.1, 0.15) is 4.90 Å². The van der Waals surface area contributed by atoms with Crippen molar-refractivity contribution in [3.8, 4) is 0 Å². The van der Waals surface area contributed by atoms with Crippen LogP contribution in [0.4, 0.5) is 0 Å². The largest absolute Gasteiger partial charge is 0.331 e. The minimum absolute atomic E-state index is 0.278. The number of hydrogen-bond donors (Lipinski definition) is 0. The molecule has 7 heteroatoms. The number of sulfonamides is 1. The molecule has 134 valence electrons. The fraction of sp³-hybridized carbons (Fsp3) is 0.368. The molecule has 0 amide bonds. The predicted molar refractivity (Wildman–Crippen MR) is 98.3 cm³/mol. The van der Waals surface area contributed by atoms with E-state index in [1.54, 1.807) is 18.3 Å². The zero-order valence-electron chi connectivity index (χ0n) is 14.6. The Hall–Kier alpha value is -2.25. The summed E-state index contributed by atoms with van der Waals surface area (Å²) in [6.07, 6.45) is 6.70. The maximum Gasteiger partial charge on any atom is 0.245 e. The summed E-state index contributed by atoms with van der Waals surface area (Å²) in [7, 11) is -3.62. The van der Waals surface area contributed by atoms with Crippen LogP contribution in [-0.4, -0.2) is 33.8 Å². The van der Waals surface area contributed by atoms with E-state index in [4.69, 9.17) is 0 Å². The molecule has 0 spiro atoms. The Bertz CT molecular complexity index is 1120. The van der Waals surface area contributed by atoms with E-state index in [2.05, 4.69) is 14.5 Å². The molecule has 1 aliphatic heterocycles. The molecule has 2 aromatic heterocycles. The van der Waals surface area contributed by atoms with Crippen LogP contribution in [-0.2, 0) is 23.0 Å². The van der Waals surface area contributed by atoms with E-state index in [0.29, 0.717) is 31.1 Å². The highest BCUT2D eigenvalue weighted by Crippen LogP contribution is 2.38. The summed E-state index contributed by atoms with van der Waals surface area (Å²) in [6.45, 7) is 2.77. The van der Waals surface area contributed by atoms with Crippen molar-refractivity contribution >= 4 is 20.9 Å². The fourth-order valence-corrected chi connectivity index (χ4v) is 5.34. The van der Waals surface area contributed by atoms with Gasteiger partial charge < -0.3 is 4.57 Å². The van der Waals surface area contributed by atoms with Crippen LogP contribution in [0.1, 0.15) is 35.8 Å². The first-order valence-corrected chi connectivity index (χ1v) is 10.4. The summed E-state index contributed by atoms with van der Waals surface area (Å²) in [5.74, 6) is 0. The Labute approximate surface area is 152 Å². The smallest absolute Gasteiger partial charge is 0.245 e. The Morgan fingerprint density at radius 3 is 2.85 bits per heavy atom. The van der Waals surface area contributed by atoms with Crippen molar-refractivity contribution in [2.45, 2.75) is 43.7 Å². The van der Waals surface area contributed by atoms with Crippen LogP contribution in [0.3, 0.4) is 0 Å². The first-order chi connectivity index (χ1) is 12.5. The van der Waals surface area contributed by atoms with Gasteiger partial charge in [0.05, 0.1) is 24.1 Å². The van der Waals surface area contributed by atoms with E-state index in [1.165, 1.54) is 22.8 Å². The van der Waals surface area contributed by atoms with Crippen LogP contribution in [0.25, 0.3) is 10.9 Å². The molecule has 26 heavy (non-hydrogen) atoms. The van der Waals surface area contributed by atoms with E-state index in [0.717, 1.165) is 16.6 Å². The molecule has 3 heterocycles. The van der Waals surface area contributed by atoms with Gasteiger partial charge >= 0.3 is 0 Å². The summed E-state index contributed by atoms with van der Waals surface area (Å²) in [5.41, 5.74) is 3.63. The topological polar surface area (TPSA) is 68.1 Å². The van der Waals surface area contributed by atoms with E-state index in [-0.39, 0.29) is 4.90 Å². The molecule has 5 rings (SSSR count). The molecule has 0 unspecified atom stereocenters. The number of aryl methyl sites for hydroxylation is 1. The molecule has 1 aromatic carbocycles. The van der Waals surface area contributed by atoms with Crippen LogP contribution in [0, 0.1) is 6.92 Å². The number of nitrogens with zero attached hydrogens (tertiary/aromatic N) is 4. The van der Waals surface area contributed by atoms with Crippen molar-refractivity contribution in [1.82, 2.24) is 18.8 Å². The first-order valence-electron chi connectivity index (χ1n) is 8.94. The second-order valence-corrected chi connectivity index (χ2v) is 9.11. The molecule has 0 bridgehead atoms. The van der Waals surface area contributed by atoms with Crippen molar-refractivity contribution in [2.24, 2.45) is 0 Å². The van der Waals surface area contributed by atoms with Gasteiger partial charge in [0.25, 0.3) is 0 Å². The van der Waals surface area contributed by atoms with Crippen LogP contribution >= 0.6 is 0 Å². The van der Waals surface area contributed by atoms with E-state index < -0.39 is 10.0 Å². The molecule has 1 saturated carbocycles. The molecule has 2 aliphatic rings. The van der Waals surface area contributed by atoms with Crippen molar-refractivity contribution < 1.29 is 8.42 Å². The first kappa shape index (κ1) is 16.0. The molecule has 0 saturated heterocycles. The van der Waals surface area contributed by atoms with Crippen LogP contribution < -0.4 is 0 Å². The third kappa shape index (κ3) is 2.46. The van der Waals surface area contributed by atoms with Gasteiger partial charge in [-0.1, -0.05) is 12.1 Å². The monoisotopic (exact) mass is 368 g/mol. The third-order valence-corrected chi connectivity index (χ3v) is 7.15. The summed E-state index contributed by atoms with van der Waals surface area (Å²) < 4.78 is 30.4. The van der Waals surface area contributed by atoms with Gasteiger partial charge in [0.2, 0.25) is 10.0 Å². The molecular formula is C19H20N4O2S. The zero-order valence-corrected chi connectivity index (χ0v) is 15.4. The zero-order chi connectivity index (χ0) is 17.9. The number of pyridine rings is 1. The summed E-state index contributed by atoms with van der Waals surface area (Å²) in [6, 6.07) is 7.87. The number of benzene rings is 1. The molecular weight excluding hydrogens is 348 g/mol. The predicted octanol–water partition coefficient (Wildman–Crippen LogP) is 2.82. The van der Waals surface area contributed by atoms with Crippen LogP contribution in [0.5, 0.6) is 0 Å². The summed E-state index contributed by atoms with van der Waals surface area (Å²) >= 11 is 0. The standard InChI is InChI=1S/C19H20N4O2S/c1-13-9-14-3-2-4-18(19(14)20-10-13)26(24,25)22-8-7-17-16(11-22)21-12-23(17)15-5-6-15/h2-4,9-10,12,15H,5-8,11H2,1H3. The second-order valence-electron chi connectivity index (χ2n) is 7.21. The summed E-state index contributed by atoms with van der Waals surface area (Å²) in [5, 5.41) is 0.849. The SMILES string of the molecule is Cc1cnc2c(S(=O)(=O)N3CCc4c(ncn4C4CC4)C3)cccc2c1. The van der Waals surface area contributed by atoms with Gasteiger partial charge in [-0.25, -0.2) is 13.4 Å². The fourth-order valence-electron chi connectivity index (χ4n) is 3.77. The van der Waals surface area contributed by atoms with Gasteiger partial charge in [0, 0.05) is 36.3 Å². The lowest BCUT2D eigenvalue weighted by atomic mass is 10.2. The van der Waals surface area contributed by atoms with Crippen molar-refractivity contribution in [2.75, 3.05) is 6.54 Å². The second kappa shape index (κ2) is 5.62. The lowest BCUT2D eigenvalue weighted by Crippen LogP contribution is -2.36. The number of rotatable bonds is 3. The van der Waals surface area contributed by atoms with Gasteiger partial charge in [-0.2, -0.15) is 4.31 Å². The molecule has 0 radical (unpaired) electrons. The van der Waals surface area contributed by atoms with Crippen molar-refractivity contribution in [1.29, 1.82) is 0 Å². The third-order valence-electron chi connectivity index (χ3n) is 5.28. The van der Waals surface area contributed by atoms with Crippen LogP contribution in [0.2, 0.25) is 0 Å². The van der Waals surface area contributed by atoms with E-state index in [1.807, 2.05) is 25.4 Å². The number of fused-ring (bicyclic) bond motifs is 2.